The standard InChI is InChI=1S/C16H16N2O2S/c1-9-4-6-12(7-5-9)20-8-13-17-15(19)14-10(2)11(3)21-16(14)18-13/h4-7H,8H2,1-3H3,(H,17,18,19). The van der Waals surface area contributed by atoms with Gasteiger partial charge in [-0.3, -0.25) is 4.79 Å². The molecule has 0 bridgehead atoms. The van der Waals surface area contributed by atoms with Crippen LogP contribution >= 0.6 is 11.3 Å². The van der Waals surface area contributed by atoms with Crippen LogP contribution in [-0.4, -0.2) is 9.97 Å². The maximum atomic E-state index is 12.1. The van der Waals surface area contributed by atoms with Gasteiger partial charge in [0, 0.05) is 4.88 Å². The van der Waals surface area contributed by atoms with Crippen LogP contribution in [0.5, 0.6) is 5.75 Å². The molecule has 0 aliphatic heterocycles. The van der Waals surface area contributed by atoms with Crippen molar-refractivity contribution in [1.29, 1.82) is 0 Å². The number of benzene rings is 1. The van der Waals surface area contributed by atoms with Gasteiger partial charge in [-0.05, 0) is 38.5 Å². The molecule has 21 heavy (non-hydrogen) atoms. The molecule has 2 aromatic heterocycles. The van der Waals surface area contributed by atoms with Crippen molar-refractivity contribution in [3.05, 3.63) is 56.4 Å². The fourth-order valence-electron chi connectivity index (χ4n) is 2.15. The molecule has 0 fully saturated rings. The van der Waals surface area contributed by atoms with Crippen LogP contribution in [0, 0.1) is 20.8 Å². The lowest BCUT2D eigenvalue weighted by atomic mass is 10.2. The molecule has 0 radical (unpaired) electrons. The Kier molecular flexibility index (Phi) is 3.51. The Labute approximate surface area is 126 Å². The van der Waals surface area contributed by atoms with Crippen LogP contribution in [0.3, 0.4) is 0 Å². The third-order valence-electron chi connectivity index (χ3n) is 3.48. The highest BCUT2D eigenvalue weighted by atomic mass is 32.1. The summed E-state index contributed by atoms with van der Waals surface area (Å²) >= 11 is 1.54. The summed E-state index contributed by atoms with van der Waals surface area (Å²) in [7, 11) is 0. The molecule has 0 unspecified atom stereocenters. The van der Waals surface area contributed by atoms with Gasteiger partial charge in [-0.2, -0.15) is 0 Å². The van der Waals surface area contributed by atoms with Crippen LogP contribution in [-0.2, 0) is 6.61 Å². The number of nitrogens with zero attached hydrogens (tertiary/aromatic N) is 1. The van der Waals surface area contributed by atoms with E-state index in [9.17, 15) is 4.79 Å². The molecule has 3 rings (SSSR count). The predicted molar refractivity (Wildman–Crippen MR) is 85.2 cm³/mol. The molecule has 0 aliphatic rings. The first-order valence-electron chi connectivity index (χ1n) is 6.73. The van der Waals surface area contributed by atoms with E-state index in [1.54, 1.807) is 11.3 Å². The van der Waals surface area contributed by atoms with Crippen molar-refractivity contribution in [2.45, 2.75) is 27.4 Å². The Hall–Kier alpha value is -2.14. The fourth-order valence-corrected chi connectivity index (χ4v) is 3.20. The monoisotopic (exact) mass is 300 g/mol. The van der Waals surface area contributed by atoms with Crippen molar-refractivity contribution in [2.24, 2.45) is 0 Å². The SMILES string of the molecule is Cc1ccc(OCc2nc3sc(C)c(C)c3c(=O)[nH]2)cc1. The number of nitrogens with one attached hydrogen (secondary N) is 1. The molecular formula is C16H16N2O2S. The second-order valence-electron chi connectivity index (χ2n) is 5.08. The second-order valence-corrected chi connectivity index (χ2v) is 6.28. The van der Waals surface area contributed by atoms with Gasteiger partial charge in [0.05, 0.1) is 5.39 Å². The summed E-state index contributed by atoms with van der Waals surface area (Å²) < 4.78 is 5.66. The maximum absolute atomic E-state index is 12.1. The van der Waals surface area contributed by atoms with E-state index >= 15 is 0 Å². The minimum absolute atomic E-state index is 0.0932. The van der Waals surface area contributed by atoms with E-state index in [2.05, 4.69) is 9.97 Å². The predicted octanol–water partition coefficient (Wildman–Crippen LogP) is 3.49. The molecule has 108 valence electrons. The Morgan fingerprint density at radius 2 is 1.90 bits per heavy atom. The summed E-state index contributed by atoms with van der Waals surface area (Å²) in [6.07, 6.45) is 0. The number of H-pyrrole nitrogens is 1. The average molecular weight is 300 g/mol. The number of thiophene rings is 1. The van der Waals surface area contributed by atoms with Crippen molar-refractivity contribution in [2.75, 3.05) is 0 Å². The maximum Gasteiger partial charge on any atom is 0.260 e. The third-order valence-corrected chi connectivity index (χ3v) is 4.59. The zero-order valence-corrected chi connectivity index (χ0v) is 13.0. The average Bonchev–Trinajstić information content (AvgIpc) is 2.74. The first-order valence-corrected chi connectivity index (χ1v) is 7.54. The van der Waals surface area contributed by atoms with Crippen LogP contribution < -0.4 is 10.3 Å². The molecule has 0 aliphatic carbocycles. The third kappa shape index (κ3) is 2.69. The molecular weight excluding hydrogens is 284 g/mol. The normalized spacial score (nSPS) is 11.0. The van der Waals surface area contributed by atoms with E-state index in [1.165, 1.54) is 5.56 Å². The smallest absolute Gasteiger partial charge is 0.260 e. The van der Waals surface area contributed by atoms with E-state index in [0.717, 1.165) is 21.0 Å². The lowest BCUT2D eigenvalue weighted by molar-refractivity contribution is 0.296. The molecule has 4 nitrogen and oxygen atoms in total. The summed E-state index contributed by atoms with van der Waals surface area (Å²) in [4.78, 5) is 21.3. The molecule has 0 saturated carbocycles. The van der Waals surface area contributed by atoms with E-state index in [-0.39, 0.29) is 12.2 Å². The van der Waals surface area contributed by atoms with E-state index in [1.807, 2.05) is 45.0 Å². The minimum atomic E-state index is -0.0932. The molecule has 1 N–H and O–H groups in total. The Morgan fingerprint density at radius 3 is 2.62 bits per heavy atom. The highest BCUT2D eigenvalue weighted by molar-refractivity contribution is 7.18. The lowest BCUT2D eigenvalue weighted by Gasteiger charge is -2.06. The van der Waals surface area contributed by atoms with Crippen LogP contribution in [0.15, 0.2) is 29.1 Å². The summed E-state index contributed by atoms with van der Waals surface area (Å²) in [6, 6.07) is 7.79. The first-order chi connectivity index (χ1) is 10.0. The van der Waals surface area contributed by atoms with Gasteiger partial charge in [0.1, 0.15) is 23.0 Å². The molecule has 0 saturated heterocycles. The molecule has 0 amide bonds. The highest BCUT2D eigenvalue weighted by Gasteiger charge is 2.11. The fraction of sp³-hybridized carbons (Fsp3) is 0.250. The largest absolute Gasteiger partial charge is 0.486 e. The van der Waals surface area contributed by atoms with Crippen LogP contribution in [0.2, 0.25) is 0 Å². The Balaban J connectivity index is 1.88. The summed E-state index contributed by atoms with van der Waals surface area (Å²) in [6.45, 7) is 6.24. The van der Waals surface area contributed by atoms with Crippen molar-refractivity contribution in [1.82, 2.24) is 9.97 Å². The van der Waals surface area contributed by atoms with Crippen molar-refractivity contribution in [3.8, 4) is 5.75 Å². The number of rotatable bonds is 3. The lowest BCUT2D eigenvalue weighted by Crippen LogP contribution is -2.13. The molecule has 5 heteroatoms. The first kappa shape index (κ1) is 13.8. The Bertz CT molecular complexity index is 847. The van der Waals surface area contributed by atoms with Crippen molar-refractivity contribution in [3.63, 3.8) is 0 Å². The number of aryl methyl sites for hydroxylation is 3. The van der Waals surface area contributed by atoms with Gasteiger partial charge in [-0.25, -0.2) is 4.98 Å². The van der Waals surface area contributed by atoms with E-state index in [0.29, 0.717) is 11.2 Å². The van der Waals surface area contributed by atoms with E-state index < -0.39 is 0 Å². The van der Waals surface area contributed by atoms with Gasteiger partial charge < -0.3 is 9.72 Å². The number of hydrogen-bond donors (Lipinski definition) is 1. The number of aromatic amines is 1. The van der Waals surface area contributed by atoms with Crippen LogP contribution in [0.25, 0.3) is 10.2 Å². The van der Waals surface area contributed by atoms with E-state index in [4.69, 9.17) is 4.74 Å². The Morgan fingerprint density at radius 1 is 1.19 bits per heavy atom. The van der Waals surface area contributed by atoms with Gasteiger partial charge in [0.2, 0.25) is 0 Å². The quantitative estimate of drug-likeness (QED) is 0.805. The zero-order chi connectivity index (χ0) is 15.0. The molecule has 1 aromatic carbocycles. The molecule has 0 spiro atoms. The minimum Gasteiger partial charge on any atom is -0.486 e. The number of aromatic nitrogens is 2. The number of ether oxygens (including phenoxy) is 1. The van der Waals surface area contributed by atoms with Gasteiger partial charge >= 0.3 is 0 Å². The van der Waals surface area contributed by atoms with Crippen LogP contribution in [0.4, 0.5) is 0 Å². The van der Waals surface area contributed by atoms with Crippen molar-refractivity contribution >= 4 is 21.6 Å². The van der Waals surface area contributed by atoms with Crippen molar-refractivity contribution < 1.29 is 4.74 Å². The number of hydrogen-bond acceptors (Lipinski definition) is 4. The zero-order valence-electron chi connectivity index (χ0n) is 12.2. The summed E-state index contributed by atoms with van der Waals surface area (Å²) in [5.41, 5.74) is 2.10. The number of fused-ring (bicyclic) bond motifs is 1. The molecule has 2 heterocycles. The summed E-state index contributed by atoms with van der Waals surface area (Å²) in [5, 5.41) is 0.691. The molecule has 0 atom stereocenters. The summed E-state index contributed by atoms with van der Waals surface area (Å²) in [5.74, 6) is 1.32. The molecule has 3 aromatic rings. The van der Waals surface area contributed by atoms with Gasteiger partial charge in [0.25, 0.3) is 5.56 Å². The van der Waals surface area contributed by atoms with Gasteiger partial charge in [-0.1, -0.05) is 17.7 Å². The van der Waals surface area contributed by atoms with Crippen LogP contribution in [0.1, 0.15) is 21.8 Å². The van der Waals surface area contributed by atoms with Gasteiger partial charge in [0.15, 0.2) is 0 Å². The van der Waals surface area contributed by atoms with Gasteiger partial charge in [-0.15, -0.1) is 11.3 Å². The topological polar surface area (TPSA) is 55.0 Å². The second kappa shape index (κ2) is 5.33. The highest BCUT2D eigenvalue weighted by Crippen LogP contribution is 2.25.